The van der Waals surface area contributed by atoms with Gasteiger partial charge in [0.15, 0.2) is 5.96 Å². The quantitative estimate of drug-likeness (QED) is 0.420. The molecule has 1 heterocycles. The molecule has 0 spiro atoms. The molecule has 4 N–H and O–H groups in total. The van der Waals surface area contributed by atoms with E-state index in [-0.39, 0.29) is 17.9 Å². The number of piperazine rings is 1. The number of hydrogen-bond donors (Lipinski definition) is 2. The second-order valence-electron chi connectivity index (χ2n) is 6.65. The van der Waals surface area contributed by atoms with Crippen LogP contribution in [0.3, 0.4) is 0 Å². The van der Waals surface area contributed by atoms with E-state index < -0.39 is 0 Å². The Kier molecular flexibility index (Phi) is 7.25. The number of likely N-dealkylation sites (N-methyl/N-ethyl adjacent to an activating group) is 1. The zero-order valence-electron chi connectivity index (χ0n) is 15.4. The van der Waals surface area contributed by atoms with E-state index in [1.807, 2.05) is 4.90 Å². The van der Waals surface area contributed by atoms with Gasteiger partial charge in [-0.25, -0.2) is 0 Å². The lowest BCUT2D eigenvalue weighted by Crippen LogP contribution is -2.57. The molecule has 25 heavy (non-hydrogen) atoms. The summed E-state index contributed by atoms with van der Waals surface area (Å²) in [4.78, 5) is 21.2. The molecule has 1 aromatic carbocycles. The van der Waals surface area contributed by atoms with Gasteiger partial charge < -0.3 is 16.4 Å². The fourth-order valence-corrected chi connectivity index (χ4v) is 3.30. The molecule has 0 radical (unpaired) electrons. The molecule has 1 aromatic rings. The standard InChI is InChI=1S/C19H31N5O/c1-3-23-13-14-24(12-10-16-8-6-15(2)7-9-16)18(25)17(23)5-4-11-22-19(20)21/h6-9,17H,3-5,10-14H2,1-2H3,(H4,20,21,22)/t17-/m0/s1. The molecular formula is C19H31N5O. The number of hydrogen-bond acceptors (Lipinski definition) is 3. The van der Waals surface area contributed by atoms with Crippen molar-refractivity contribution in [1.82, 2.24) is 9.80 Å². The van der Waals surface area contributed by atoms with Crippen molar-refractivity contribution in [3.05, 3.63) is 35.4 Å². The third kappa shape index (κ3) is 5.74. The Labute approximate surface area is 150 Å². The summed E-state index contributed by atoms with van der Waals surface area (Å²) in [7, 11) is 0. The first-order valence-corrected chi connectivity index (χ1v) is 9.15. The minimum atomic E-state index is -0.0500. The molecule has 0 bridgehead atoms. The number of rotatable bonds is 8. The third-order valence-corrected chi connectivity index (χ3v) is 4.82. The van der Waals surface area contributed by atoms with Crippen molar-refractivity contribution in [3.8, 4) is 0 Å². The molecule has 0 unspecified atom stereocenters. The summed E-state index contributed by atoms with van der Waals surface area (Å²) in [5.41, 5.74) is 13.3. The lowest BCUT2D eigenvalue weighted by molar-refractivity contribution is -0.142. The average molecular weight is 345 g/mol. The van der Waals surface area contributed by atoms with Crippen LogP contribution in [0.4, 0.5) is 0 Å². The molecule has 1 atom stereocenters. The Hall–Kier alpha value is -2.08. The van der Waals surface area contributed by atoms with Gasteiger partial charge in [0.1, 0.15) is 0 Å². The first-order valence-electron chi connectivity index (χ1n) is 9.15. The van der Waals surface area contributed by atoms with Crippen molar-refractivity contribution < 1.29 is 4.79 Å². The summed E-state index contributed by atoms with van der Waals surface area (Å²) in [6, 6.07) is 8.49. The van der Waals surface area contributed by atoms with Crippen LogP contribution >= 0.6 is 0 Å². The topological polar surface area (TPSA) is 87.9 Å². The lowest BCUT2D eigenvalue weighted by atomic mass is 10.0. The number of nitrogens with two attached hydrogens (primary N) is 2. The van der Waals surface area contributed by atoms with Crippen LogP contribution in [0.5, 0.6) is 0 Å². The SMILES string of the molecule is CCN1CCN(CCc2ccc(C)cc2)C(=O)[C@@H]1CCCN=C(N)N. The number of benzene rings is 1. The highest BCUT2D eigenvalue weighted by atomic mass is 16.2. The molecule has 0 aliphatic carbocycles. The van der Waals surface area contributed by atoms with Gasteiger partial charge in [0, 0.05) is 26.2 Å². The summed E-state index contributed by atoms with van der Waals surface area (Å²) in [5.74, 6) is 0.354. The van der Waals surface area contributed by atoms with Gasteiger partial charge in [0.25, 0.3) is 0 Å². The molecule has 6 nitrogen and oxygen atoms in total. The van der Waals surface area contributed by atoms with Gasteiger partial charge in [-0.05, 0) is 38.3 Å². The number of aliphatic imine (C=N–C) groups is 1. The minimum absolute atomic E-state index is 0.0500. The lowest BCUT2D eigenvalue weighted by Gasteiger charge is -2.40. The molecule has 1 fully saturated rings. The summed E-state index contributed by atoms with van der Waals surface area (Å²) < 4.78 is 0. The Bertz CT molecular complexity index is 580. The Morgan fingerprint density at radius 2 is 1.96 bits per heavy atom. The van der Waals surface area contributed by atoms with Gasteiger partial charge in [0.05, 0.1) is 6.04 Å². The second kappa shape index (κ2) is 9.42. The molecule has 1 aliphatic heterocycles. The van der Waals surface area contributed by atoms with Crippen LogP contribution in [0.1, 0.15) is 30.9 Å². The monoisotopic (exact) mass is 345 g/mol. The van der Waals surface area contributed by atoms with E-state index in [1.54, 1.807) is 0 Å². The smallest absolute Gasteiger partial charge is 0.239 e. The first-order chi connectivity index (χ1) is 12.0. The van der Waals surface area contributed by atoms with Gasteiger partial charge in [-0.3, -0.25) is 14.7 Å². The van der Waals surface area contributed by atoms with E-state index in [0.29, 0.717) is 6.54 Å². The summed E-state index contributed by atoms with van der Waals surface area (Å²) in [6.07, 6.45) is 2.51. The number of guanidine groups is 1. The minimum Gasteiger partial charge on any atom is -0.370 e. The van der Waals surface area contributed by atoms with Crippen LogP contribution in [0.2, 0.25) is 0 Å². The van der Waals surface area contributed by atoms with Crippen LogP contribution in [0, 0.1) is 6.92 Å². The summed E-state index contributed by atoms with van der Waals surface area (Å²) in [6.45, 7) is 8.19. The maximum Gasteiger partial charge on any atom is 0.239 e. The number of carbonyl (C=O) groups excluding carboxylic acids is 1. The van der Waals surface area contributed by atoms with Crippen molar-refractivity contribution in [2.75, 3.05) is 32.7 Å². The first kappa shape index (κ1) is 19.2. The number of aryl methyl sites for hydroxylation is 1. The molecule has 138 valence electrons. The van der Waals surface area contributed by atoms with Gasteiger partial charge in [-0.15, -0.1) is 0 Å². The van der Waals surface area contributed by atoms with Crippen LogP contribution in [-0.4, -0.2) is 60.4 Å². The van der Waals surface area contributed by atoms with E-state index in [1.165, 1.54) is 11.1 Å². The van der Waals surface area contributed by atoms with E-state index in [0.717, 1.165) is 45.4 Å². The van der Waals surface area contributed by atoms with E-state index in [2.05, 4.69) is 48.0 Å². The Morgan fingerprint density at radius 1 is 1.24 bits per heavy atom. The predicted octanol–water partition coefficient (Wildman–Crippen LogP) is 1.12. The van der Waals surface area contributed by atoms with Gasteiger partial charge in [0.2, 0.25) is 5.91 Å². The zero-order chi connectivity index (χ0) is 18.2. The summed E-state index contributed by atoms with van der Waals surface area (Å²) >= 11 is 0. The van der Waals surface area contributed by atoms with E-state index in [4.69, 9.17) is 11.5 Å². The molecule has 2 rings (SSSR count). The highest BCUT2D eigenvalue weighted by Gasteiger charge is 2.32. The Morgan fingerprint density at radius 3 is 2.60 bits per heavy atom. The van der Waals surface area contributed by atoms with Crippen LogP contribution in [0.15, 0.2) is 29.3 Å². The predicted molar refractivity (Wildman–Crippen MR) is 102 cm³/mol. The maximum absolute atomic E-state index is 12.9. The molecule has 0 aromatic heterocycles. The molecule has 1 saturated heterocycles. The molecule has 1 aliphatic rings. The van der Waals surface area contributed by atoms with E-state index >= 15 is 0 Å². The third-order valence-electron chi connectivity index (χ3n) is 4.82. The highest BCUT2D eigenvalue weighted by molar-refractivity contribution is 5.82. The largest absolute Gasteiger partial charge is 0.370 e. The second-order valence-corrected chi connectivity index (χ2v) is 6.65. The average Bonchev–Trinajstić information content (AvgIpc) is 2.59. The zero-order valence-corrected chi connectivity index (χ0v) is 15.4. The van der Waals surface area contributed by atoms with E-state index in [9.17, 15) is 4.79 Å². The van der Waals surface area contributed by atoms with Crippen molar-refractivity contribution in [2.45, 2.75) is 39.2 Å². The fourth-order valence-electron chi connectivity index (χ4n) is 3.30. The number of nitrogens with zero attached hydrogens (tertiary/aromatic N) is 3. The van der Waals surface area contributed by atoms with Crippen LogP contribution in [-0.2, 0) is 11.2 Å². The summed E-state index contributed by atoms with van der Waals surface area (Å²) in [5, 5.41) is 0. The number of carbonyl (C=O) groups is 1. The molecule has 1 amide bonds. The molecule has 0 saturated carbocycles. The number of amides is 1. The van der Waals surface area contributed by atoms with Crippen molar-refractivity contribution in [3.63, 3.8) is 0 Å². The van der Waals surface area contributed by atoms with Crippen molar-refractivity contribution in [1.29, 1.82) is 0 Å². The molecular weight excluding hydrogens is 314 g/mol. The maximum atomic E-state index is 12.9. The fraction of sp³-hybridized carbons (Fsp3) is 0.579. The van der Waals surface area contributed by atoms with Crippen LogP contribution < -0.4 is 11.5 Å². The van der Waals surface area contributed by atoms with Crippen molar-refractivity contribution >= 4 is 11.9 Å². The normalized spacial score (nSPS) is 18.4. The van der Waals surface area contributed by atoms with Gasteiger partial charge >= 0.3 is 0 Å². The molecule has 6 heteroatoms. The van der Waals surface area contributed by atoms with Crippen molar-refractivity contribution in [2.24, 2.45) is 16.5 Å². The van der Waals surface area contributed by atoms with Crippen LogP contribution in [0.25, 0.3) is 0 Å². The Balaban J connectivity index is 1.90. The highest BCUT2D eigenvalue weighted by Crippen LogP contribution is 2.17. The van der Waals surface area contributed by atoms with Gasteiger partial charge in [-0.2, -0.15) is 0 Å². The van der Waals surface area contributed by atoms with Gasteiger partial charge in [-0.1, -0.05) is 36.8 Å².